The molecule has 0 spiro atoms. The van der Waals surface area contributed by atoms with Crippen LogP contribution in [0.5, 0.6) is 0 Å². The van der Waals surface area contributed by atoms with Gasteiger partial charge < -0.3 is 4.74 Å². The fourth-order valence-electron chi connectivity index (χ4n) is 2.33. The van der Waals surface area contributed by atoms with Gasteiger partial charge >= 0.3 is 0 Å². The molecule has 0 fully saturated rings. The molecule has 0 aromatic heterocycles. The third-order valence-corrected chi connectivity index (χ3v) is 3.17. The second kappa shape index (κ2) is 4.65. The number of nitrogens with zero attached hydrogens (tertiary/aromatic N) is 1. The van der Waals surface area contributed by atoms with Crippen molar-refractivity contribution in [3.63, 3.8) is 0 Å². The largest absolute Gasteiger partial charge is 0.471 e. The lowest BCUT2D eigenvalue weighted by Gasteiger charge is -2.18. The van der Waals surface area contributed by atoms with E-state index in [1.807, 2.05) is 43.3 Å². The summed E-state index contributed by atoms with van der Waals surface area (Å²) in [6.07, 6.45) is -0.00593. The molecule has 0 aliphatic carbocycles. The summed E-state index contributed by atoms with van der Waals surface area (Å²) in [5.41, 5.74) is 2.37. The lowest BCUT2D eigenvalue weighted by Crippen LogP contribution is -2.07. The number of aliphatic imine (C=N–C) groups is 1. The molecule has 18 heavy (non-hydrogen) atoms. The van der Waals surface area contributed by atoms with Crippen LogP contribution in [0, 0.1) is 0 Å². The lowest BCUT2D eigenvalue weighted by atomic mass is 9.97. The summed E-state index contributed by atoms with van der Waals surface area (Å²) in [6, 6.07) is 20.6. The van der Waals surface area contributed by atoms with Crippen molar-refractivity contribution in [1.82, 2.24) is 0 Å². The molecule has 1 aliphatic rings. The number of benzene rings is 2. The van der Waals surface area contributed by atoms with Crippen LogP contribution in [0.25, 0.3) is 0 Å². The smallest absolute Gasteiger partial charge is 0.181 e. The normalized spacial score (nSPS) is 22.4. The average Bonchev–Trinajstić information content (AvgIpc) is 2.83. The summed E-state index contributed by atoms with van der Waals surface area (Å²) < 4.78 is 5.86. The van der Waals surface area contributed by atoms with Gasteiger partial charge in [-0.3, -0.25) is 0 Å². The molecule has 0 saturated carbocycles. The average molecular weight is 237 g/mol. The first kappa shape index (κ1) is 11.0. The molecule has 90 valence electrons. The number of ether oxygens (including phenoxy) is 1. The summed E-state index contributed by atoms with van der Waals surface area (Å²) in [4.78, 5) is 4.61. The van der Waals surface area contributed by atoms with Crippen molar-refractivity contribution in [3.8, 4) is 0 Å². The van der Waals surface area contributed by atoms with Gasteiger partial charge in [-0.1, -0.05) is 60.7 Å². The fraction of sp³-hybridized carbons (Fsp3) is 0.188. The predicted molar refractivity (Wildman–Crippen MR) is 72.6 cm³/mol. The van der Waals surface area contributed by atoms with Crippen molar-refractivity contribution < 1.29 is 4.74 Å². The maximum absolute atomic E-state index is 5.86. The zero-order valence-corrected chi connectivity index (χ0v) is 10.3. The molecule has 0 saturated heterocycles. The minimum Gasteiger partial charge on any atom is -0.471 e. The molecule has 2 nitrogen and oxygen atoms in total. The lowest BCUT2D eigenvalue weighted by molar-refractivity contribution is 0.195. The Morgan fingerprint density at radius 2 is 1.39 bits per heavy atom. The summed E-state index contributed by atoms with van der Waals surface area (Å²) in [6.45, 7) is 1.92. The van der Waals surface area contributed by atoms with E-state index in [1.165, 1.54) is 11.1 Å². The van der Waals surface area contributed by atoms with Gasteiger partial charge in [-0.05, 0) is 11.1 Å². The van der Waals surface area contributed by atoms with E-state index in [0.29, 0.717) is 0 Å². The van der Waals surface area contributed by atoms with Crippen LogP contribution in [0.15, 0.2) is 65.7 Å². The molecule has 0 amide bonds. The topological polar surface area (TPSA) is 21.6 Å². The van der Waals surface area contributed by atoms with E-state index < -0.39 is 0 Å². The monoisotopic (exact) mass is 237 g/mol. The molecule has 2 aromatic carbocycles. The van der Waals surface area contributed by atoms with Gasteiger partial charge in [0.1, 0.15) is 6.04 Å². The Morgan fingerprint density at radius 1 is 0.833 bits per heavy atom. The highest BCUT2D eigenvalue weighted by Crippen LogP contribution is 2.39. The van der Waals surface area contributed by atoms with E-state index in [-0.39, 0.29) is 12.1 Å². The summed E-state index contributed by atoms with van der Waals surface area (Å²) in [5, 5.41) is 0. The van der Waals surface area contributed by atoms with Crippen molar-refractivity contribution in [2.75, 3.05) is 0 Å². The summed E-state index contributed by atoms with van der Waals surface area (Å²) >= 11 is 0. The van der Waals surface area contributed by atoms with Gasteiger partial charge in [-0.2, -0.15) is 0 Å². The third-order valence-electron chi connectivity index (χ3n) is 3.17. The van der Waals surface area contributed by atoms with Crippen LogP contribution in [-0.4, -0.2) is 5.90 Å². The van der Waals surface area contributed by atoms with E-state index in [2.05, 4.69) is 29.3 Å². The highest BCUT2D eigenvalue weighted by atomic mass is 16.5. The van der Waals surface area contributed by atoms with E-state index in [9.17, 15) is 0 Å². The first-order chi connectivity index (χ1) is 8.84. The van der Waals surface area contributed by atoms with E-state index in [4.69, 9.17) is 4.74 Å². The Morgan fingerprint density at radius 3 is 2.00 bits per heavy atom. The molecule has 0 N–H and O–H groups in total. The summed E-state index contributed by atoms with van der Waals surface area (Å²) in [7, 11) is 0. The zero-order chi connectivity index (χ0) is 12.4. The van der Waals surface area contributed by atoms with Crippen LogP contribution in [0.3, 0.4) is 0 Å². The van der Waals surface area contributed by atoms with E-state index in [1.54, 1.807) is 0 Å². The van der Waals surface area contributed by atoms with Crippen molar-refractivity contribution >= 4 is 5.90 Å². The van der Waals surface area contributed by atoms with Crippen molar-refractivity contribution in [2.45, 2.75) is 19.1 Å². The quantitative estimate of drug-likeness (QED) is 0.775. The summed E-state index contributed by atoms with van der Waals surface area (Å²) in [5.74, 6) is 0.762. The maximum Gasteiger partial charge on any atom is 0.181 e. The number of hydrogen-bond donors (Lipinski definition) is 0. The predicted octanol–water partition coefficient (Wildman–Crippen LogP) is 3.92. The molecule has 3 rings (SSSR count). The van der Waals surface area contributed by atoms with Gasteiger partial charge in [0.05, 0.1) is 0 Å². The zero-order valence-electron chi connectivity index (χ0n) is 10.3. The van der Waals surface area contributed by atoms with Crippen molar-refractivity contribution in [1.29, 1.82) is 0 Å². The third kappa shape index (κ3) is 2.02. The minimum atomic E-state index is -0.00593. The van der Waals surface area contributed by atoms with Gasteiger partial charge in [-0.15, -0.1) is 0 Å². The molecule has 2 heteroatoms. The van der Waals surface area contributed by atoms with Gasteiger partial charge in [-0.25, -0.2) is 4.99 Å². The van der Waals surface area contributed by atoms with Crippen LogP contribution in [0.4, 0.5) is 0 Å². The Labute approximate surface area is 107 Å². The van der Waals surface area contributed by atoms with E-state index >= 15 is 0 Å². The Hall–Kier alpha value is -2.09. The van der Waals surface area contributed by atoms with Gasteiger partial charge in [0.15, 0.2) is 12.0 Å². The molecule has 0 unspecified atom stereocenters. The highest BCUT2D eigenvalue weighted by Gasteiger charge is 2.31. The molecular formula is C16H15NO. The Bertz CT molecular complexity index is 548. The SMILES string of the molecule is CC1=N[C@H](c2ccccc2)[C@@H](c2ccccc2)O1. The standard InChI is InChI=1S/C16H15NO/c1-12-17-15(13-8-4-2-5-9-13)16(18-12)14-10-6-3-7-11-14/h2-11,15-16H,1H3/t15-,16-/m1/s1. The number of hydrogen-bond acceptors (Lipinski definition) is 2. The molecule has 1 heterocycles. The van der Waals surface area contributed by atoms with Crippen LogP contribution in [-0.2, 0) is 4.74 Å². The molecule has 2 aromatic rings. The van der Waals surface area contributed by atoms with Crippen LogP contribution in [0.1, 0.15) is 30.2 Å². The van der Waals surface area contributed by atoms with Gasteiger partial charge in [0, 0.05) is 6.92 Å². The molecule has 0 radical (unpaired) electrons. The highest BCUT2D eigenvalue weighted by molar-refractivity contribution is 5.75. The van der Waals surface area contributed by atoms with Crippen LogP contribution < -0.4 is 0 Å². The van der Waals surface area contributed by atoms with Crippen molar-refractivity contribution in [2.24, 2.45) is 4.99 Å². The first-order valence-corrected chi connectivity index (χ1v) is 6.15. The Kier molecular flexibility index (Phi) is 2.85. The molecule has 0 bridgehead atoms. The van der Waals surface area contributed by atoms with Gasteiger partial charge in [0.2, 0.25) is 0 Å². The fourth-order valence-corrected chi connectivity index (χ4v) is 2.33. The van der Waals surface area contributed by atoms with E-state index in [0.717, 1.165) is 5.90 Å². The molecular weight excluding hydrogens is 222 g/mol. The van der Waals surface area contributed by atoms with Crippen LogP contribution in [0.2, 0.25) is 0 Å². The second-order valence-electron chi connectivity index (χ2n) is 4.45. The molecule has 2 atom stereocenters. The van der Waals surface area contributed by atoms with Gasteiger partial charge in [0.25, 0.3) is 0 Å². The maximum atomic E-state index is 5.86. The number of rotatable bonds is 2. The van der Waals surface area contributed by atoms with Crippen molar-refractivity contribution in [3.05, 3.63) is 71.8 Å². The minimum absolute atomic E-state index is 0.00593. The second-order valence-corrected chi connectivity index (χ2v) is 4.45. The Balaban J connectivity index is 1.97. The molecule has 1 aliphatic heterocycles. The van der Waals surface area contributed by atoms with Crippen LogP contribution >= 0.6 is 0 Å². The first-order valence-electron chi connectivity index (χ1n) is 6.15.